The van der Waals surface area contributed by atoms with E-state index in [2.05, 4.69) is 4.90 Å². The first-order valence-corrected chi connectivity index (χ1v) is 8.92. The highest BCUT2D eigenvalue weighted by molar-refractivity contribution is 5.96. The van der Waals surface area contributed by atoms with Crippen molar-refractivity contribution in [3.8, 4) is 5.75 Å². The molecule has 1 unspecified atom stereocenters. The summed E-state index contributed by atoms with van der Waals surface area (Å²) >= 11 is 0. The second kappa shape index (κ2) is 7.82. The molecular weight excluding hydrogens is 288 g/mol. The molecule has 4 nitrogen and oxygen atoms in total. The van der Waals surface area contributed by atoms with Crippen LogP contribution in [0.4, 0.5) is 0 Å². The molecular formula is C19H28N2O2. The van der Waals surface area contributed by atoms with Gasteiger partial charge in [0.1, 0.15) is 5.75 Å². The van der Waals surface area contributed by atoms with Crippen LogP contribution < -0.4 is 4.74 Å². The predicted molar refractivity (Wildman–Crippen MR) is 91.9 cm³/mol. The van der Waals surface area contributed by atoms with Gasteiger partial charge in [-0.3, -0.25) is 4.79 Å². The zero-order valence-corrected chi connectivity index (χ0v) is 14.2. The van der Waals surface area contributed by atoms with E-state index in [0.717, 1.165) is 31.8 Å². The summed E-state index contributed by atoms with van der Waals surface area (Å²) in [4.78, 5) is 17.4. The number of hydrogen-bond donors (Lipinski definition) is 0. The van der Waals surface area contributed by atoms with E-state index in [1.807, 2.05) is 29.2 Å². The van der Waals surface area contributed by atoms with Gasteiger partial charge >= 0.3 is 0 Å². The normalized spacial score (nSPS) is 22.8. The van der Waals surface area contributed by atoms with Crippen LogP contribution in [0.25, 0.3) is 0 Å². The molecule has 1 aromatic rings. The molecule has 0 aromatic heterocycles. The standard InChI is InChI=1S/C19H28N2O2/c1-23-18-9-3-2-8-17(18)19(22)21-13-6-7-16(10-14-21)15-20-11-4-5-12-20/h2-3,8-9,16H,4-7,10-15H2,1H3. The summed E-state index contributed by atoms with van der Waals surface area (Å²) in [5, 5.41) is 0. The van der Waals surface area contributed by atoms with Crippen LogP contribution in [0.1, 0.15) is 42.5 Å². The first-order chi connectivity index (χ1) is 11.3. The molecule has 4 heteroatoms. The quantitative estimate of drug-likeness (QED) is 0.856. The van der Waals surface area contributed by atoms with E-state index in [9.17, 15) is 4.79 Å². The Kier molecular flexibility index (Phi) is 5.55. The van der Waals surface area contributed by atoms with Crippen molar-refractivity contribution >= 4 is 5.91 Å². The molecule has 0 N–H and O–H groups in total. The highest BCUT2D eigenvalue weighted by Gasteiger charge is 2.25. The van der Waals surface area contributed by atoms with E-state index in [1.165, 1.54) is 38.9 Å². The van der Waals surface area contributed by atoms with E-state index in [-0.39, 0.29) is 5.91 Å². The molecule has 0 saturated carbocycles. The van der Waals surface area contributed by atoms with Gasteiger partial charge in [-0.1, -0.05) is 12.1 Å². The Morgan fingerprint density at radius 1 is 1.09 bits per heavy atom. The maximum absolute atomic E-state index is 12.8. The second-order valence-corrected chi connectivity index (χ2v) is 6.80. The van der Waals surface area contributed by atoms with Crippen molar-refractivity contribution in [3.63, 3.8) is 0 Å². The smallest absolute Gasteiger partial charge is 0.257 e. The molecule has 23 heavy (non-hydrogen) atoms. The molecule has 1 amide bonds. The largest absolute Gasteiger partial charge is 0.496 e. The van der Waals surface area contributed by atoms with E-state index in [4.69, 9.17) is 4.74 Å². The summed E-state index contributed by atoms with van der Waals surface area (Å²) in [5.41, 5.74) is 0.688. The van der Waals surface area contributed by atoms with Gasteiger partial charge in [-0.25, -0.2) is 0 Å². The highest BCUT2D eigenvalue weighted by atomic mass is 16.5. The van der Waals surface area contributed by atoms with Gasteiger partial charge in [0.25, 0.3) is 5.91 Å². The van der Waals surface area contributed by atoms with Crippen molar-refractivity contribution in [2.75, 3.05) is 39.8 Å². The van der Waals surface area contributed by atoms with Gasteiger partial charge in [0.15, 0.2) is 0 Å². The van der Waals surface area contributed by atoms with E-state index in [0.29, 0.717) is 11.3 Å². The summed E-state index contributed by atoms with van der Waals surface area (Å²) in [5.74, 6) is 1.53. The van der Waals surface area contributed by atoms with Gasteiger partial charge in [-0.15, -0.1) is 0 Å². The molecule has 126 valence electrons. The van der Waals surface area contributed by atoms with Gasteiger partial charge < -0.3 is 14.5 Å². The minimum atomic E-state index is 0.115. The van der Waals surface area contributed by atoms with Crippen LogP contribution in [0.5, 0.6) is 5.75 Å². The molecule has 0 spiro atoms. The van der Waals surface area contributed by atoms with E-state index < -0.39 is 0 Å². The monoisotopic (exact) mass is 316 g/mol. The van der Waals surface area contributed by atoms with Gasteiger partial charge in [0.2, 0.25) is 0 Å². The first-order valence-electron chi connectivity index (χ1n) is 8.92. The lowest BCUT2D eigenvalue weighted by atomic mass is 10.0. The van der Waals surface area contributed by atoms with Crippen molar-refractivity contribution in [2.45, 2.75) is 32.1 Å². The Labute approximate surface area is 139 Å². The fraction of sp³-hybridized carbons (Fsp3) is 0.632. The van der Waals surface area contributed by atoms with Crippen LogP contribution in [-0.4, -0.2) is 55.5 Å². The Bertz CT molecular complexity index is 526. The second-order valence-electron chi connectivity index (χ2n) is 6.80. The summed E-state index contributed by atoms with van der Waals surface area (Å²) in [6, 6.07) is 7.54. The molecule has 2 fully saturated rings. The summed E-state index contributed by atoms with van der Waals surface area (Å²) in [6.07, 6.45) is 6.18. The Balaban J connectivity index is 1.59. The Morgan fingerprint density at radius 2 is 1.87 bits per heavy atom. The average Bonchev–Trinajstić information content (AvgIpc) is 2.98. The highest BCUT2D eigenvalue weighted by Crippen LogP contribution is 2.24. The van der Waals surface area contributed by atoms with E-state index in [1.54, 1.807) is 7.11 Å². The van der Waals surface area contributed by atoms with Crippen molar-refractivity contribution in [2.24, 2.45) is 5.92 Å². The minimum Gasteiger partial charge on any atom is -0.496 e. The lowest BCUT2D eigenvalue weighted by Gasteiger charge is -2.23. The molecule has 1 aromatic carbocycles. The molecule has 2 saturated heterocycles. The molecule has 2 heterocycles. The lowest BCUT2D eigenvalue weighted by molar-refractivity contribution is 0.0755. The molecule has 3 rings (SSSR count). The number of nitrogens with zero attached hydrogens (tertiary/aromatic N) is 2. The number of benzene rings is 1. The molecule has 0 bridgehead atoms. The van der Waals surface area contributed by atoms with Crippen molar-refractivity contribution in [3.05, 3.63) is 29.8 Å². The number of likely N-dealkylation sites (tertiary alicyclic amines) is 2. The Morgan fingerprint density at radius 3 is 2.65 bits per heavy atom. The molecule has 0 radical (unpaired) electrons. The third-order valence-corrected chi connectivity index (χ3v) is 5.19. The minimum absolute atomic E-state index is 0.115. The van der Waals surface area contributed by atoms with Crippen LogP contribution in [0.15, 0.2) is 24.3 Å². The van der Waals surface area contributed by atoms with Crippen molar-refractivity contribution < 1.29 is 9.53 Å². The number of ether oxygens (including phenoxy) is 1. The number of hydrogen-bond acceptors (Lipinski definition) is 3. The van der Waals surface area contributed by atoms with Crippen LogP contribution in [0.2, 0.25) is 0 Å². The van der Waals surface area contributed by atoms with Gasteiger partial charge in [0, 0.05) is 19.6 Å². The van der Waals surface area contributed by atoms with Crippen molar-refractivity contribution in [1.82, 2.24) is 9.80 Å². The first kappa shape index (κ1) is 16.3. The number of amides is 1. The van der Waals surface area contributed by atoms with Gasteiger partial charge in [0.05, 0.1) is 12.7 Å². The number of rotatable bonds is 4. The van der Waals surface area contributed by atoms with Crippen LogP contribution >= 0.6 is 0 Å². The van der Waals surface area contributed by atoms with Crippen LogP contribution in [0.3, 0.4) is 0 Å². The van der Waals surface area contributed by atoms with Gasteiger partial charge in [-0.2, -0.15) is 0 Å². The fourth-order valence-electron chi connectivity index (χ4n) is 3.87. The van der Waals surface area contributed by atoms with Crippen molar-refractivity contribution in [1.29, 1.82) is 0 Å². The van der Waals surface area contributed by atoms with E-state index >= 15 is 0 Å². The Hall–Kier alpha value is -1.55. The van der Waals surface area contributed by atoms with Crippen LogP contribution in [-0.2, 0) is 0 Å². The number of carbonyl (C=O) groups excluding carboxylic acids is 1. The topological polar surface area (TPSA) is 32.8 Å². The summed E-state index contributed by atoms with van der Waals surface area (Å²) in [6.45, 7) is 5.49. The lowest BCUT2D eigenvalue weighted by Crippen LogP contribution is -2.33. The maximum Gasteiger partial charge on any atom is 0.257 e. The SMILES string of the molecule is COc1ccccc1C(=O)N1CCCC(CN2CCCC2)CC1. The molecule has 0 aliphatic carbocycles. The molecule has 2 aliphatic rings. The molecule has 1 atom stereocenters. The number of para-hydroxylation sites is 1. The number of methoxy groups -OCH3 is 1. The number of carbonyl (C=O) groups is 1. The summed E-state index contributed by atoms with van der Waals surface area (Å²) in [7, 11) is 1.63. The van der Waals surface area contributed by atoms with Crippen LogP contribution in [0, 0.1) is 5.92 Å². The average molecular weight is 316 g/mol. The zero-order chi connectivity index (χ0) is 16.1. The maximum atomic E-state index is 12.8. The summed E-state index contributed by atoms with van der Waals surface area (Å²) < 4.78 is 5.34. The van der Waals surface area contributed by atoms with Gasteiger partial charge in [-0.05, 0) is 63.2 Å². The third kappa shape index (κ3) is 4.05. The predicted octanol–water partition coefficient (Wildman–Crippen LogP) is 3.03. The molecule has 2 aliphatic heterocycles. The third-order valence-electron chi connectivity index (χ3n) is 5.19. The fourth-order valence-corrected chi connectivity index (χ4v) is 3.87. The zero-order valence-electron chi connectivity index (χ0n) is 14.2.